The highest BCUT2D eigenvalue weighted by molar-refractivity contribution is 6.42. The molecule has 0 aromatic heterocycles. The van der Waals surface area contributed by atoms with Crippen LogP contribution in [0.3, 0.4) is 0 Å². The summed E-state index contributed by atoms with van der Waals surface area (Å²) in [5, 5.41) is 6.60. The fraction of sp³-hybridized carbons (Fsp3) is 0.364. The summed E-state index contributed by atoms with van der Waals surface area (Å²) in [7, 11) is 0. The molecule has 3 amide bonds. The van der Waals surface area contributed by atoms with Gasteiger partial charge in [-0.15, -0.1) is 0 Å². The van der Waals surface area contributed by atoms with E-state index in [4.69, 9.17) is 23.2 Å². The number of urea groups is 1. The van der Waals surface area contributed by atoms with Crippen LogP contribution < -0.4 is 10.6 Å². The van der Waals surface area contributed by atoms with Crippen molar-refractivity contribution in [1.29, 1.82) is 0 Å². The van der Waals surface area contributed by atoms with Gasteiger partial charge >= 0.3 is 6.03 Å². The van der Waals surface area contributed by atoms with Gasteiger partial charge in [0.15, 0.2) is 0 Å². The number of benzene rings is 2. The Labute approximate surface area is 181 Å². The third kappa shape index (κ3) is 5.87. The van der Waals surface area contributed by atoms with E-state index in [1.54, 1.807) is 12.1 Å². The van der Waals surface area contributed by atoms with E-state index in [0.717, 1.165) is 18.5 Å². The molecule has 2 N–H and O–H groups in total. The van der Waals surface area contributed by atoms with Crippen molar-refractivity contribution in [3.05, 3.63) is 69.2 Å². The third-order valence-electron chi connectivity index (χ3n) is 5.13. The average molecular weight is 434 g/mol. The van der Waals surface area contributed by atoms with Crippen LogP contribution in [0.5, 0.6) is 0 Å². The number of amides is 3. The van der Waals surface area contributed by atoms with Crippen LogP contribution in [0.25, 0.3) is 0 Å². The molecule has 2 aromatic carbocycles. The number of nitrogens with zero attached hydrogens (tertiary/aromatic N) is 1. The molecule has 1 atom stereocenters. The highest BCUT2D eigenvalue weighted by Crippen LogP contribution is 2.25. The molecule has 1 heterocycles. The fourth-order valence-electron chi connectivity index (χ4n) is 3.42. The van der Waals surface area contributed by atoms with Crippen LogP contribution in [0.15, 0.2) is 42.5 Å². The quantitative estimate of drug-likeness (QED) is 0.647. The Hall–Kier alpha value is -2.24. The molecule has 2 aromatic rings. The van der Waals surface area contributed by atoms with Crippen LogP contribution in [0, 0.1) is 0 Å². The molecule has 0 saturated carbocycles. The van der Waals surface area contributed by atoms with E-state index in [-0.39, 0.29) is 18.0 Å². The van der Waals surface area contributed by atoms with Gasteiger partial charge in [0.05, 0.1) is 16.1 Å². The molecule has 0 saturated heterocycles. The fourth-order valence-corrected chi connectivity index (χ4v) is 3.73. The zero-order valence-corrected chi connectivity index (χ0v) is 17.9. The monoisotopic (exact) mass is 433 g/mol. The molecule has 7 heteroatoms. The maximum absolute atomic E-state index is 12.4. The summed E-state index contributed by atoms with van der Waals surface area (Å²) in [6, 6.07) is 13.0. The lowest BCUT2D eigenvalue weighted by atomic mass is 9.99. The third-order valence-corrected chi connectivity index (χ3v) is 5.87. The van der Waals surface area contributed by atoms with Crippen LogP contribution in [-0.4, -0.2) is 29.9 Å². The Kier molecular flexibility index (Phi) is 7.40. The first-order valence-electron chi connectivity index (χ1n) is 9.78. The topological polar surface area (TPSA) is 61.4 Å². The normalized spacial score (nSPS) is 14.1. The van der Waals surface area contributed by atoms with Crippen molar-refractivity contribution in [1.82, 2.24) is 15.5 Å². The number of halogens is 2. The predicted octanol–water partition coefficient (Wildman–Crippen LogP) is 4.72. The Bertz CT molecular complexity index is 888. The smallest absolute Gasteiger partial charge is 0.315 e. The van der Waals surface area contributed by atoms with Gasteiger partial charge in [0.1, 0.15) is 0 Å². The maximum Gasteiger partial charge on any atom is 0.315 e. The van der Waals surface area contributed by atoms with Crippen molar-refractivity contribution in [2.75, 3.05) is 13.1 Å². The van der Waals surface area contributed by atoms with Crippen molar-refractivity contribution in [2.45, 2.75) is 38.8 Å². The number of carbonyl (C=O) groups is 2. The standard InChI is InChI=1S/C22H25Cl2N3O2/c1-15(17-8-9-19(23)20(24)13-17)26-22(29)25-11-4-7-21(28)27-12-10-16-5-2-3-6-18(16)14-27/h2-3,5-6,8-9,13,15H,4,7,10-12,14H2,1H3,(H2,25,26,29). The molecular weight excluding hydrogens is 409 g/mol. The molecule has 0 fully saturated rings. The van der Waals surface area contributed by atoms with E-state index in [9.17, 15) is 9.59 Å². The van der Waals surface area contributed by atoms with Crippen molar-refractivity contribution < 1.29 is 9.59 Å². The summed E-state index contributed by atoms with van der Waals surface area (Å²) in [5.41, 5.74) is 3.42. The van der Waals surface area contributed by atoms with Crippen molar-refractivity contribution in [2.24, 2.45) is 0 Å². The number of fused-ring (bicyclic) bond motifs is 1. The van der Waals surface area contributed by atoms with Crippen molar-refractivity contribution >= 4 is 35.1 Å². The summed E-state index contributed by atoms with van der Waals surface area (Å²) < 4.78 is 0. The van der Waals surface area contributed by atoms with E-state index < -0.39 is 0 Å². The number of rotatable bonds is 6. The summed E-state index contributed by atoms with van der Waals surface area (Å²) in [6.07, 6.45) is 1.92. The van der Waals surface area contributed by atoms with Crippen LogP contribution in [-0.2, 0) is 17.8 Å². The summed E-state index contributed by atoms with van der Waals surface area (Å²) >= 11 is 11.9. The van der Waals surface area contributed by atoms with Crippen LogP contribution in [0.4, 0.5) is 4.79 Å². The first-order chi connectivity index (χ1) is 13.9. The van der Waals surface area contributed by atoms with E-state index in [0.29, 0.717) is 36.0 Å². The molecule has 0 aliphatic carbocycles. The molecule has 0 radical (unpaired) electrons. The SMILES string of the molecule is CC(NC(=O)NCCCC(=O)N1CCc2ccccc2C1)c1ccc(Cl)c(Cl)c1. The van der Waals surface area contributed by atoms with Gasteiger partial charge < -0.3 is 15.5 Å². The minimum absolute atomic E-state index is 0.130. The van der Waals surface area contributed by atoms with Gasteiger partial charge in [0, 0.05) is 26.1 Å². The lowest BCUT2D eigenvalue weighted by Gasteiger charge is -2.29. The molecule has 0 bridgehead atoms. The van der Waals surface area contributed by atoms with E-state index in [1.807, 2.05) is 30.0 Å². The molecule has 1 aliphatic rings. The van der Waals surface area contributed by atoms with Gasteiger partial charge in [0.25, 0.3) is 0 Å². The Morgan fingerprint density at radius 2 is 1.86 bits per heavy atom. The molecule has 29 heavy (non-hydrogen) atoms. The number of nitrogens with one attached hydrogen (secondary N) is 2. The van der Waals surface area contributed by atoms with Gasteiger partial charge in [0.2, 0.25) is 5.91 Å². The Balaban J connectivity index is 1.37. The van der Waals surface area contributed by atoms with E-state index >= 15 is 0 Å². The second kappa shape index (κ2) is 9.99. The first kappa shape index (κ1) is 21.5. The maximum atomic E-state index is 12.4. The molecule has 154 valence electrons. The average Bonchev–Trinajstić information content (AvgIpc) is 2.72. The van der Waals surface area contributed by atoms with E-state index in [1.165, 1.54) is 11.1 Å². The first-order valence-corrected chi connectivity index (χ1v) is 10.5. The molecule has 1 aliphatic heterocycles. The molecule has 3 rings (SSSR count). The van der Waals surface area contributed by atoms with Crippen molar-refractivity contribution in [3.8, 4) is 0 Å². The van der Waals surface area contributed by atoms with E-state index in [2.05, 4.69) is 22.8 Å². The molecule has 0 spiro atoms. The lowest BCUT2D eigenvalue weighted by Crippen LogP contribution is -2.38. The van der Waals surface area contributed by atoms with Gasteiger partial charge in [-0.3, -0.25) is 4.79 Å². The van der Waals surface area contributed by atoms with Gasteiger partial charge in [-0.1, -0.05) is 53.5 Å². The molecular formula is C22H25Cl2N3O2. The van der Waals surface area contributed by atoms with Crippen LogP contribution in [0.2, 0.25) is 10.0 Å². The zero-order valence-electron chi connectivity index (χ0n) is 16.4. The summed E-state index contributed by atoms with van der Waals surface area (Å²) in [5.74, 6) is 0.130. The lowest BCUT2D eigenvalue weighted by molar-refractivity contribution is -0.132. The van der Waals surface area contributed by atoms with Gasteiger partial charge in [-0.05, 0) is 48.6 Å². The number of hydrogen-bond acceptors (Lipinski definition) is 2. The highest BCUT2D eigenvalue weighted by Gasteiger charge is 2.19. The van der Waals surface area contributed by atoms with Gasteiger partial charge in [-0.25, -0.2) is 4.79 Å². The minimum Gasteiger partial charge on any atom is -0.338 e. The Morgan fingerprint density at radius 1 is 1.10 bits per heavy atom. The van der Waals surface area contributed by atoms with Crippen molar-refractivity contribution in [3.63, 3.8) is 0 Å². The largest absolute Gasteiger partial charge is 0.338 e. The Morgan fingerprint density at radius 3 is 2.62 bits per heavy atom. The predicted molar refractivity (Wildman–Crippen MR) is 116 cm³/mol. The summed E-state index contributed by atoms with van der Waals surface area (Å²) in [6.45, 7) is 3.74. The molecule has 1 unspecified atom stereocenters. The second-order valence-electron chi connectivity index (χ2n) is 7.23. The number of carbonyl (C=O) groups excluding carboxylic acids is 2. The molecule has 5 nitrogen and oxygen atoms in total. The minimum atomic E-state index is -0.275. The second-order valence-corrected chi connectivity index (χ2v) is 8.05. The van der Waals surface area contributed by atoms with Crippen LogP contribution >= 0.6 is 23.2 Å². The van der Waals surface area contributed by atoms with Crippen LogP contribution in [0.1, 0.15) is 42.5 Å². The van der Waals surface area contributed by atoms with Gasteiger partial charge in [-0.2, -0.15) is 0 Å². The highest BCUT2D eigenvalue weighted by atomic mass is 35.5. The zero-order chi connectivity index (χ0) is 20.8. The number of hydrogen-bond donors (Lipinski definition) is 2. The summed E-state index contributed by atoms with van der Waals surface area (Å²) in [4.78, 5) is 26.4.